The second-order valence-electron chi connectivity index (χ2n) is 14.6. The van der Waals surface area contributed by atoms with Crippen LogP contribution in [-0.4, -0.2) is 19.1 Å². The van der Waals surface area contributed by atoms with Crippen LogP contribution in [0.2, 0.25) is 0 Å². The van der Waals surface area contributed by atoms with E-state index in [1.54, 1.807) is 0 Å². The lowest BCUT2D eigenvalue weighted by molar-refractivity contribution is 0.661. The molecule has 1 aliphatic carbocycles. The highest BCUT2D eigenvalue weighted by molar-refractivity contribution is 6.15. The van der Waals surface area contributed by atoms with Crippen LogP contribution in [0.4, 0.5) is 0 Å². The van der Waals surface area contributed by atoms with E-state index in [9.17, 15) is 0 Å². The maximum Gasteiger partial charge on any atom is 0.237 e. The number of nitrogens with zero attached hydrogens (tertiary/aromatic N) is 4. The van der Waals surface area contributed by atoms with Gasteiger partial charge in [-0.25, -0.2) is 4.98 Å². The van der Waals surface area contributed by atoms with E-state index in [2.05, 4.69) is 193 Å². The maximum absolute atomic E-state index is 5.60. The van der Waals surface area contributed by atoms with E-state index < -0.39 is 0 Å². The Hall–Kier alpha value is -6.78. The fourth-order valence-electron chi connectivity index (χ4n) is 8.82. The molecule has 4 heteroatoms. The van der Waals surface area contributed by atoms with Gasteiger partial charge >= 0.3 is 0 Å². The number of fused-ring (bicyclic) bond motifs is 9. The van der Waals surface area contributed by atoms with Gasteiger partial charge in [-0.15, -0.1) is 0 Å². The van der Waals surface area contributed by atoms with Crippen LogP contribution in [0.1, 0.15) is 25.0 Å². The van der Waals surface area contributed by atoms with Crippen molar-refractivity contribution in [2.24, 2.45) is 0 Å². The number of para-hydroxylation sites is 2. The molecular weight excluding hydrogens is 645 g/mol. The molecule has 4 nitrogen and oxygen atoms in total. The summed E-state index contributed by atoms with van der Waals surface area (Å²) in [6.45, 7) is 4.68. The third-order valence-electron chi connectivity index (χ3n) is 11.3. The van der Waals surface area contributed by atoms with Crippen molar-refractivity contribution < 1.29 is 0 Å². The van der Waals surface area contributed by atoms with Crippen molar-refractivity contribution in [2.45, 2.75) is 19.3 Å². The van der Waals surface area contributed by atoms with Crippen LogP contribution in [0.3, 0.4) is 0 Å². The first kappa shape index (κ1) is 29.9. The van der Waals surface area contributed by atoms with Crippen molar-refractivity contribution >= 4 is 43.7 Å². The van der Waals surface area contributed by atoms with E-state index in [4.69, 9.17) is 9.97 Å². The van der Waals surface area contributed by atoms with Gasteiger partial charge in [-0.2, -0.15) is 4.98 Å². The van der Waals surface area contributed by atoms with Crippen molar-refractivity contribution in [3.8, 4) is 45.1 Å². The zero-order valence-corrected chi connectivity index (χ0v) is 29.5. The quantitative estimate of drug-likeness (QED) is 0.186. The molecule has 3 heterocycles. The average Bonchev–Trinajstić information content (AvgIpc) is 3.80. The highest BCUT2D eigenvalue weighted by Gasteiger charge is 2.36. The molecule has 0 fully saturated rings. The molecule has 0 aliphatic heterocycles. The molecule has 0 spiro atoms. The normalized spacial score (nSPS) is 13.2. The molecule has 0 amide bonds. The molecule has 0 saturated heterocycles. The topological polar surface area (TPSA) is 35.6 Å². The molecule has 0 N–H and O–H groups in total. The van der Waals surface area contributed by atoms with Gasteiger partial charge in [0.1, 0.15) is 0 Å². The Bertz CT molecular complexity index is 3060. The average molecular weight is 679 g/mol. The molecule has 0 unspecified atom stereocenters. The molecule has 3 aromatic heterocycles. The minimum Gasteiger partial charge on any atom is -0.294 e. The third kappa shape index (κ3) is 4.30. The Labute approximate surface area is 307 Å². The van der Waals surface area contributed by atoms with Crippen LogP contribution in [0.15, 0.2) is 170 Å². The van der Waals surface area contributed by atoms with E-state index in [1.165, 1.54) is 38.6 Å². The van der Waals surface area contributed by atoms with Crippen LogP contribution >= 0.6 is 0 Å². The molecule has 1 aliphatic rings. The Morgan fingerprint density at radius 3 is 1.89 bits per heavy atom. The first-order chi connectivity index (χ1) is 26.1. The molecule has 10 aromatic rings. The van der Waals surface area contributed by atoms with Crippen molar-refractivity contribution in [3.63, 3.8) is 0 Å². The molecule has 0 atom stereocenters. The van der Waals surface area contributed by atoms with Gasteiger partial charge in [0.25, 0.3) is 0 Å². The summed E-state index contributed by atoms with van der Waals surface area (Å²) < 4.78 is 4.60. The lowest BCUT2D eigenvalue weighted by Crippen LogP contribution is -2.15. The summed E-state index contributed by atoms with van der Waals surface area (Å²) in [5.74, 6) is 0.652. The van der Waals surface area contributed by atoms with E-state index in [0.29, 0.717) is 5.95 Å². The fourth-order valence-corrected chi connectivity index (χ4v) is 8.82. The lowest BCUT2D eigenvalue weighted by Gasteiger charge is -2.21. The summed E-state index contributed by atoms with van der Waals surface area (Å²) in [4.78, 5) is 11.2. The second-order valence-corrected chi connectivity index (χ2v) is 14.6. The van der Waals surface area contributed by atoms with Gasteiger partial charge in [0.05, 0.1) is 27.6 Å². The molecule has 0 saturated carbocycles. The maximum atomic E-state index is 5.60. The molecule has 11 rings (SSSR count). The van der Waals surface area contributed by atoms with Crippen LogP contribution < -0.4 is 0 Å². The first-order valence-electron chi connectivity index (χ1n) is 18.3. The molecule has 53 heavy (non-hydrogen) atoms. The Balaban J connectivity index is 1.28. The number of hydrogen-bond acceptors (Lipinski definition) is 2. The smallest absolute Gasteiger partial charge is 0.237 e. The monoisotopic (exact) mass is 678 g/mol. The van der Waals surface area contributed by atoms with Crippen molar-refractivity contribution in [1.82, 2.24) is 19.1 Å². The Morgan fingerprint density at radius 2 is 1.09 bits per heavy atom. The van der Waals surface area contributed by atoms with Crippen LogP contribution in [0, 0.1) is 0 Å². The number of benzene rings is 7. The van der Waals surface area contributed by atoms with Crippen LogP contribution in [0.25, 0.3) is 88.9 Å². The lowest BCUT2D eigenvalue weighted by atomic mass is 9.82. The highest BCUT2D eigenvalue weighted by Crippen LogP contribution is 2.51. The predicted octanol–water partition coefficient (Wildman–Crippen LogP) is 12.3. The largest absolute Gasteiger partial charge is 0.294 e. The summed E-state index contributed by atoms with van der Waals surface area (Å²) in [6, 6.07) is 60.9. The van der Waals surface area contributed by atoms with Gasteiger partial charge < -0.3 is 0 Å². The fraction of sp³-hybridized carbons (Fsp3) is 0.0612. The summed E-state index contributed by atoms with van der Waals surface area (Å²) >= 11 is 0. The molecular formula is C49H34N4. The van der Waals surface area contributed by atoms with Gasteiger partial charge in [-0.3, -0.25) is 9.13 Å². The molecule has 7 aromatic carbocycles. The minimum absolute atomic E-state index is 0.141. The SMILES string of the molecule is CC1(C)c2ccccc2-c2cc3c4ccccc4n(-c4nc(-c5ccccc5)c5c6cc(-c7ccccc7)ccc6n(-c6ccccc6)c5n4)c3cc21. The van der Waals surface area contributed by atoms with Crippen LogP contribution in [-0.2, 0) is 5.41 Å². The van der Waals surface area contributed by atoms with Gasteiger partial charge in [0.15, 0.2) is 5.65 Å². The summed E-state index contributed by atoms with van der Waals surface area (Å²) in [5.41, 5.74) is 14.7. The van der Waals surface area contributed by atoms with E-state index >= 15 is 0 Å². The molecule has 250 valence electrons. The highest BCUT2D eigenvalue weighted by atomic mass is 15.2. The van der Waals surface area contributed by atoms with E-state index in [0.717, 1.165) is 55.5 Å². The Morgan fingerprint density at radius 1 is 0.434 bits per heavy atom. The van der Waals surface area contributed by atoms with Crippen molar-refractivity contribution in [1.29, 1.82) is 0 Å². The standard InChI is InChI=1S/C49H34N4/c1-49(2)40-24-14-12-22-35(40)37-29-38-36-23-13-15-25-42(36)53(44(38)30-41(37)49)48-50-46(32-18-8-4-9-19-32)45-39-28-33(31-16-6-3-7-17-31)26-27-43(39)52(47(45)51-48)34-20-10-5-11-21-34/h3-30H,1-2H3. The van der Waals surface area contributed by atoms with Gasteiger partial charge in [-0.1, -0.05) is 141 Å². The van der Waals surface area contributed by atoms with Gasteiger partial charge in [0, 0.05) is 32.8 Å². The number of hydrogen-bond donors (Lipinski definition) is 0. The second kappa shape index (κ2) is 11.1. The predicted molar refractivity (Wildman–Crippen MR) is 219 cm³/mol. The summed E-state index contributed by atoms with van der Waals surface area (Å²) in [5, 5.41) is 4.55. The summed E-state index contributed by atoms with van der Waals surface area (Å²) in [7, 11) is 0. The molecule has 0 bridgehead atoms. The number of aromatic nitrogens is 4. The van der Waals surface area contributed by atoms with E-state index in [-0.39, 0.29) is 5.41 Å². The van der Waals surface area contributed by atoms with E-state index in [1.807, 2.05) is 0 Å². The number of rotatable bonds is 4. The first-order valence-corrected chi connectivity index (χ1v) is 18.3. The summed E-state index contributed by atoms with van der Waals surface area (Å²) in [6.07, 6.45) is 0. The zero-order chi connectivity index (χ0) is 35.3. The van der Waals surface area contributed by atoms with Crippen molar-refractivity contribution in [3.05, 3.63) is 181 Å². The van der Waals surface area contributed by atoms with Crippen LogP contribution in [0.5, 0.6) is 0 Å². The minimum atomic E-state index is -0.141. The van der Waals surface area contributed by atoms with Gasteiger partial charge in [-0.05, 0) is 75.8 Å². The molecule has 0 radical (unpaired) electrons. The third-order valence-corrected chi connectivity index (χ3v) is 11.3. The van der Waals surface area contributed by atoms with Gasteiger partial charge in [0.2, 0.25) is 5.95 Å². The van der Waals surface area contributed by atoms with Crippen molar-refractivity contribution in [2.75, 3.05) is 0 Å². The zero-order valence-electron chi connectivity index (χ0n) is 29.5. The Kier molecular flexibility index (Phi) is 6.27.